The standard InChI is InChI=1S/C23H23N7O2/c31-23-21(27-11-16-5-8-32-9-6-16)28-20-4-3-19(18-12-25-15-26-13-18)29-22(20)30(23)14-17-2-1-7-24-10-17/h1-4,7,10,12-13,15-16H,5-6,8-9,11,14H2,(H,27,28). The van der Waals surface area contributed by atoms with Crippen molar-refractivity contribution in [3.63, 3.8) is 0 Å². The Kier molecular flexibility index (Phi) is 5.80. The van der Waals surface area contributed by atoms with Crippen molar-refractivity contribution in [2.24, 2.45) is 5.92 Å². The van der Waals surface area contributed by atoms with Crippen molar-refractivity contribution < 1.29 is 4.74 Å². The van der Waals surface area contributed by atoms with Crippen molar-refractivity contribution in [2.45, 2.75) is 19.4 Å². The van der Waals surface area contributed by atoms with Crippen LogP contribution in [0.15, 0.2) is 60.2 Å². The second-order valence-electron chi connectivity index (χ2n) is 7.82. The van der Waals surface area contributed by atoms with E-state index in [0.29, 0.717) is 41.7 Å². The van der Waals surface area contributed by atoms with E-state index in [0.717, 1.165) is 37.2 Å². The third-order valence-electron chi connectivity index (χ3n) is 5.61. The molecule has 0 unspecified atom stereocenters. The van der Waals surface area contributed by atoms with Crippen LogP contribution in [0.4, 0.5) is 5.82 Å². The molecule has 162 valence electrons. The highest BCUT2D eigenvalue weighted by Crippen LogP contribution is 2.20. The monoisotopic (exact) mass is 429 g/mol. The Morgan fingerprint density at radius 2 is 1.88 bits per heavy atom. The first-order chi connectivity index (χ1) is 15.8. The fraction of sp³-hybridized carbons (Fsp3) is 0.304. The van der Waals surface area contributed by atoms with Gasteiger partial charge in [-0.15, -0.1) is 0 Å². The van der Waals surface area contributed by atoms with Gasteiger partial charge in [0.15, 0.2) is 11.5 Å². The molecule has 5 rings (SSSR count). The van der Waals surface area contributed by atoms with E-state index in [2.05, 4.69) is 25.3 Å². The van der Waals surface area contributed by atoms with Crippen LogP contribution in [0.3, 0.4) is 0 Å². The van der Waals surface area contributed by atoms with Crippen LogP contribution in [0.2, 0.25) is 0 Å². The van der Waals surface area contributed by atoms with Crippen molar-refractivity contribution in [1.82, 2.24) is 29.5 Å². The van der Waals surface area contributed by atoms with Gasteiger partial charge in [0.25, 0.3) is 5.56 Å². The van der Waals surface area contributed by atoms with Gasteiger partial charge >= 0.3 is 0 Å². The number of aromatic nitrogens is 6. The molecule has 0 bridgehead atoms. The van der Waals surface area contributed by atoms with Crippen LogP contribution in [0, 0.1) is 5.92 Å². The third-order valence-corrected chi connectivity index (χ3v) is 5.61. The number of ether oxygens (including phenoxy) is 1. The van der Waals surface area contributed by atoms with Crippen molar-refractivity contribution in [3.8, 4) is 11.3 Å². The summed E-state index contributed by atoms with van der Waals surface area (Å²) in [6, 6.07) is 7.54. The average molecular weight is 429 g/mol. The molecule has 1 saturated heterocycles. The Morgan fingerprint density at radius 1 is 1.03 bits per heavy atom. The summed E-state index contributed by atoms with van der Waals surface area (Å²) in [6.45, 7) is 2.56. The van der Waals surface area contributed by atoms with Crippen molar-refractivity contribution in [3.05, 3.63) is 71.3 Å². The lowest BCUT2D eigenvalue weighted by molar-refractivity contribution is 0.0699. The maximum absolute atomic E-state index is 13.4. The fourth-order valence-corrected chi connectivity index (χ4v) is 3.84. The topological polar surface area (TPSA) is 108 Å². The van der Waals surface area contributed by atoms with Crippen molar-refractivity contribution in [2.75, 3.05) is 25.1 Å². The summed E-state index contributed by atoms with van der Waals surface area (Å²) in [6.07, 6.45) is 10.3. The van der Waals surface area contributed by atoms with Crippen molar-refractivity contribution >= 4 is 17.0 Å². The van der Waals surface area contributed by atoms with Gasteiger partial charge in [0, 0.05) is 50.1 Å². The quantitative estimate of drug-likeness (QED) is 0.498. The van der Waals surface area contributed by atoms with Gasteiger partial charge in [-0.1, -0.05) is 6.07 Å². The van der Waals surface area contributed by atoms with E-state index in [1.807, 2.05) is 24.3 Å². The van der Waals surface area contributed by atoms with Crippen LogP contribution >= 0.6 is 0 Å². The summed E-state index contributed by atoms with van der Waals surface area (Å²) in [5.74, 6) is 0.802. The molecule has 1 fully saturated rings. The van der Waals surface area contributed by atoms with Crippen LogP contribution in [0.1, 0.15) is 18.4 Å². The van der Waals surface area contributed by atoms with Gasteiger partial charge in [-0.25, -0.2) is 19.9 Å². The van der Waals surface area contributed by atoms with Crippen LogP contribution in [0.5, 0.6) is 0 Å². The molecule has 0 amide bonds. The van der Waals surface area contributed by atoms with Gasteiger partial charge in [-0.2, -0.15) is 0 Å². The summed E-state index contributed by atoms with van der Waals surface area (Å²) in [5, 5.41) is 3.28. The summed E-state index contributed by atoms with van der Waals surface area (Å²) in [7, 11) is 0. The van der Waals surface area contributed by atoms with Crippen LogP contribution < -0.4 is 10.9 Å². The Balaban J connectivity index is 1.56. The molecular weight excluding hydrogens is 406 g/mol. The Hall–Kier alpha value is -3.72. The molecule has 0 saturated carbocycles. The highest BCUT2D eigenvalue weighted by molar-refractivity contribution is 5.76. The zero-order chi connectivity index (χ0) is 21.8. The first-order valence-corrected chi connectivity index (χ1v) is 10.7. The maximum Gasteiger partial charge on any atom is 0.295 e. The van der Waals surface area contributed by atoms with E-state index in [1.165, 1.54) is 6.33 Å². The second kappa shape index (κ2) is 9.19. The van der Waals surface area contributed by atoms with Gasteiger partial charge < -0.3 is 10.1 Å². The second-order valence-corrected chi connectivity index (χ2v) is 7.82. The molecule has 5 heterocycles. The number of hydrogen-bond donors (Lipinski definition) is 1. The maximum atomic E-state index is 13.4. The van der Waals surface area contributed by atoms with Gasteiger partial charge in [0.05, 0.1) is 12.2 Å². The van der Waals surface area contributed by atoms with E-state index in [1.54, 1.807) is 29.4 Å². The number of anilines is 1. The van der Waals surface area contributed by atoms with E-state index in [9.17, 15) is 4.79 Å². The highest BCUT2D eigenvalue weighted by Gasteiger charge is 2.17. The first-order valence-electron chi connectivity index (χ1n) is 10.7. The first kappa shape index (κ1) is 20.2. The number of rotatable bonds is 6. The number of nitrogens with zero attached hydrogens (tertiary/aromatic N) is 6. The van der Waals surface area contributed by atoms with E-state index < -0.39 is 0 Å². The summed E-state index contributed by atoms with van der Waals surface area (Å²) >= 11 is 0. The number of pyridine rings is 2. The van der Waals surface area contributed by atoms with E-state index in [4.69, 9.17) is 9.72 Å². The number of hydrogen-bond acceptors (Lipinski definition) is 8. The van der Waals surface area contributed by atoms with Gasteiger partial charge in [-0.3, -0.25) is 14.3 Å². The molecular formula is C23H23N7O2. The largest absolute Gasteiger partial charge is 0.381 e. The third kappa shape index (κ3) is 4.33. The summed E-state index contributed by atoms with van der Waals surface area (Å²) in [4.78, 5) is 35.1. The Morgan fingerprint density at radius 3 is 2.66 bits per heavy atom. The van der Waals surface area contributed by atoms with Gasteiger partial charge in [0.2, 0.25) is 0 Å². The van der Waals surface area contributed by atoms with Crippen LogP contribution in [-0.4, -0.2) is 49.2 Å². The smallest absolute Gasteiger partial charge is 0.295 e. The number of nitrogens with one attached hydrogen (secondary N) is 1. The highest BCUT2D eigenvalue weighted by atomic mass is 16.5. The lowest BCUT2D eigenvalue weighted by Crippen LogP contribution is -2.29. The zero-order valence-electron chi connectivity index (χ0n) is 17.5. The average Bonchev–Trinajstić information content (AvgIpc) is 2.86. The zero-order valence-corrected chi connectivity index (χ0v) is 17.5. The van der Waals surface area contributed by atoms with Crippen molar-refractivity contribution in [1.29, 1.82) is 0 Å². The molecule has 9 nitrogen and oxygen atoms in total. The molecule has 0 aromatic carbocycles. The molecule has 0 spiro atoms. The minimum atomic E-state index is -0.206. The molecule has 1 aliphatic rings. The Bertz CT molecular complexity index is 1260. The molecule has 0 aliphatic carbocycles. The molecule has 4 aromatic heterocycles. The molecule has 1 aliphatic heterocycles. The lowest BCUT2D eigenvalue weighted by Gasteiger charge is -2.22. The fourth-order valence-electron chi connectivity index (χ4n) is 3.84. The minimum absolute atomic E-state index is 0.206. The summed E-state index contributed by atoms with van der Waals surface area (Å²) in [5.41, 5.74) is 3.31. The molecule has 32 heavy (non-hydrogen) atoms. The number of fused-ring (bicyclic) bond motifs is 1. The Labute approximate surface area is 184 Å². The molecule has 4 aromatic rings. The van der Waals surface area contributed by atoms with Gasteiger partial charge in [0.1, 0.15) is 11.8 Å². The van der Waals surface area contributed by atoms with E-state index in [-0.39, 0.29) is 5.56 Å². The van der Waals surface area contributed by atoms with Crippen LogP contribution in [-0.2, 0) is 11.3 Å². The minimum Gasteiger partial charge on any atom is -0.381 e. The van der Waals surface area contributed by atoms with Crippen LogP contribution in [0.25, 0.3) is 22.4 Å². The van der Waals surface area contributed by atoms with E-state index >= 15 is 0 Å². The van der Waals surface area contributed by atoms with Gasteiger partial charge in [-0.05, 0) is 42.5 Å². The molecule has 9 heteroatoms. The predicted octanol–water partition coefficient (Wildman–Crippen LogP) is 2.53. The molecule has 1 N–H and O–H groups in total. The molecule has 0 radical (unpaired) electrons. The normalized spacial score (nSPS) is 14.5. The lowest BCUT2D eigenvalue weighted by atomic mass is 10.0. The summed E-state index contributed by atoms with van der Waals surface area (Å²) < 4.78 is 7.09. The SMILES string of the molecule is O=c1c(NCC2CCOCC2)nc2ccc(-c3cncnc3)nc2n1Cc1cccnc1. The predicted molar refractivity (Wildman–Crippen MR) is 120 cm³/mol. The molecule has 0 atom stereocenters.